The van der Waals surface area contributed by atoms with Gasteiger partial charge in [-0.15, -0.1) is 11.3 Å². The summed E-state index contributed by atoms with van der Waals surface area (Å²) in [4.78, 5) is 33.8. The molecule has 1 aromatic heterocycles. The molecule has 1 saturated carbocycles. The topological polar surface area (TPSA) is 43.9 Å². The fraction of sp³-hybridized carbons (Fsp3) is 0.600. The minimum atomic E-state index is -0.312. The first-order valence-corrected chi connectivity index (χ1v) is 12.8. The van der Waals surface area contributed by atoms with Crippen molar-refractivity contribution in [3.63, 3.8) is 0 Å². The third-order valence-electron chi connectivity index (χ3n) is 7.40. The molecule has 5 rings (SSSR count). The molecular formula is C25H33N3O2S. The van der Waals surface area contributed by atoms with E-state index < -0.39 is 0 Å². The smallest absolute Gasteiger partial charge is 0.247 e. The van der Waals surface area contributed by atoms with Crippen LogP contribution in [-0.4, -0.2) is 65.3 Å². The van der Waals surface area contributed by atoms with Gasteiger partial charge in [0.05, 0.1) is 6.54 Å². The van der Waals surface area contributed by atoms with Gasteiger partial charge in [-0.3, -0.25) is 14.5 Å². The molecule has 3 aliphatic rings. The van der Waals surface area contributed by atoms with Crippen molar-refractivity contribution in [1.82, 2.24) is 14.7 Å². The Morgan fingerprint density at radius 3 is 2.68 bits per heavy atom. The summed E-state index contributed by atoms with van der Waals surface area (Å²) >= 11 is 1.89. The monoisotopic (exact) mass is 439 g/mol. The highest BCUT2D eigenvalue weighted by atomic mass is 32.1. The number of thiophene rings is 1. The number of rotatable bonds is 5. The second-order valence-corrected chi connectivity index (χ2v) is 10.6. The van der Waals surface area contributed by atoms with Crippen molar-refractivity contribution >= 4 is 33.2 Å². The van der Waals surface area contributed by atoms with E-state index in [9.17, 15) is 9.59 Å². The Labute approximate surface area is 189 Å². The van der Waals surface area contributed by atoms with Crippen LogP contribution in [0, 0.1) is 5.92 Å². The van der Waals surface area contributed by atoms with Crippen LogP contribution in [0.2, 0.25) is 0 Å². The maximum Gasteiger partial charge on any atom is 0.247 e. The summed E-state index contributed by atoms with van der Waals surface area (Å²) < 4.78 is 1.34. The van der Waals surface area contributed by atoms with E-state index in [0.29, 0.717) is 19.0 Å². The van der Waals surface area contributed by atoms with Crippen molar-refractivity contribution in [3.8, 4) is 0 Å². The van der Waals surface area contributed by atoms with Crippen LogP contribution in [0.3, 0.4) is 0 Å². The molecule has 31 heavy (non-hydrogen) atoms. The minimum absolute atomic E-state index is 0.135. The Kier molecular flexibility index (Phi) is 6.02. The SMILES string of the molecule is CCc1sc2ccccc2c1CN1CCN2C(=O)CN(CC3CCCCC3)C(=O)C2C1. The van der Waals surface area contributed by atoms with Gasteiger partial charge in [-0.25, -0.2) is 0 Å². The maximum atomic E-state index is 13.4. The molecule has 166 valence electrons. The van der Waals surface area contributed by atoms with Gasteiger partial charge < -0.3 is 9.80 Å². The Hall–Kier alpha value is -1.92. The first-order valence-electron chi connectivity index (χ1n) is 11.9. The molecular weight excluding hydrogens is 406 g/mol. The average molecular weight is 440 g/mol. The average Bonchev–Trinajstić information content (AvgIpc) is 3.15. The van der Waals surface area contributed by atoms with E-state index in [1.807, 2.05) is 21.1 Å². The third kappa shape index (κ3) is 4.12. The van der Waals surface area contributed by atoms with Gasteiger partial charge in [0.25, 0.3) is 0 Å². The van der Waals surface area contributed by atoms with E-state index >= 15 is 0 Å². The van der Waals surface area contributed by atoms with E-state index in [4.69, 9.17) is 0 Å². The number of hydrogen-bond acceptors (Lipinski definition) is 4. The molecule has 3 fully saturated rings. The van der Waals surface area contributed by atoms with Crippen LogP contribution < -0.4 is 0 Å². The van der Waals surface area contributed by atoms with Crippen molar-refractivity contribution in [2.45, 2.75) is 58.0 Å². The Morgan fingerprint density at radius 2 is 1.87 bits per heavy atom. The predicted octanol–water partition coefficient (Wildman–Crippen LogP) is 3.90. The number of carbonyl (C=O) groups is 2. The second kappa shape index (κ2) is 8.91. The fourth-order valence-electron chi connectivity index (χ4n) is 5.70. The van der Waals surface area contributed by atoms with Gasteiger partial charge in [-0.05, 0) is 42.2 Å². The number of piperazine rings is 2. The van der Waals surface area contributed by atoms with Crippen LogP contribution in [-0.2, 0) is 22.6 Å². The number of fused-ring (bicyclic) bond motifs is 2. The zero-order valence-electron chi connectivity index (χ0n) is 18.5. The third-order valence-corrected chi connectivity index (χ3v) is 8.75. The summed E-state index contributed by atoms with van der Waals surface area (Å²) in [5, 5.41) is 1.34. The number of carbonyl (C=O) groups excluding carboxylic acids is 2. The summed E-state index contributed by atoms with van der Waals surface area (Å²) in [6.45, 7) is 6.28. The first kappa shape index (κ1) is 21.0. The van der Waals surface area contributed by atoms with Crippen LogP contribution in [0.15, 0.2) is 24.3 Å². The highest BCUT2D eigenvalue weighted by molar-refractivity contribution is 7.19. The largest absolute Gasteiger partial charge is 0.331 e. The van der Waals surface area contributed by atoms with E-state index in [1.165, 1.54) is 52.6 Å². The van der Waals surface area contributed by atoms with Crippen LogP contribution in [0.25, 0.3) is 10.1 Å². The van der Waals surface area contributed by atoms with Gasteiger partial charge in [-0.1, -0.05) is 44.4 Å². The van der Waals surface area contributed by atoms with Crippen LogP contribution >= 0.6 is 11.3 Å². The number of amides is 2. The molecule has 1 unspecified atom stereocenters. The molecule has 2 saturated heterocycles. The van der Waals surface area contributed by atoms with Gasteiger partial charge in [0.15, 0.2) is 0 Å². The molecule has 1 atom stereocenters. The lowest BCUT2D eigenvalue weighted by Crippen LogP contribution is -2.67. The molecule has 0 radical (unpaired) electrons. The lowest BCUT2D eigenvalue weighted by Gasteiger charge is -2.46. The summed E-state index contributed by atoms with van der Waals surface area (Å²) in [5.41, 5.74) is 1.41. The second-order valence-electron chi connectivity index (χ2n) is 9.41. The van der Waals surface area contributed by atoms with Gasteiger partial charge in [-0.2, -0.15) is 0 Å². The summed E-state index contributed by atoms with van der Waals surface area (Å²) in [7, 11) is 0. The van der Waals surface area contributed by atoms with Crippen LogP contribution in [0.4, 0.5) is 0 Å². The van der Waals surface area contributed by atoms with E-state index in [2.05, 4.69) is 36.1 Å². The molecule has 6 heteroatoms. The highest BCUT2D eigenvalue weighted by Crippen LogP contribution is 2.33. The van der Waals surface area contributed by atoms with Crippen LogP contribution in [0.1, 0.15) is 49.5 Å². The predicted molar refractivity (Wildman–Crippen MR) is 125 cm³/mol. The minimum Gasteiger partial charge on any atom is -0.331 e. The van der Waals surface area contributed by atoms with E-state index in [0.717, 1.165) is 26.1 Å². The lowest BCUT2D eigenvalue weighted by molar-refractivity contribution is -0.160. The normalized spacial score (nSPS) is 23.6. The van der Waals surface area contributed by atoms with Gasteiger partial charge >= 0.3 is 0 Å². The molecule has 5 nitrogen and oxygen atoms in total. The summed E-state index contributed by atoms with van der Waals surface area (Å²) in [5.74, 6) is 0.872. The van der Waals surface area contributed by atoms with Crippen molar-refractivity contribution in [1.29, 1.82) is 0 Å². The lowest BCUT2D eigenvalue weighted by atomic mass is 9.88. The van der Waals surface area contributed by atoms with Crippen molar-refractivity contribution in [2.24, 2.45) is 5.92 Å². The first-order chi connectivity index (χ1) is 15.1. The molecule has 2 aliphatic heterocycles. The van der Waals surface area contributed by atoms with E-state index in [1.54, 1.807) is 0 Å². The molecule has 0 N–H and O–H groups in total. The molecule has 3 heterocycles. The van der Waals surface area contributed by atoms with Gasteiger partial charge in [0.1, 0.15) is 6.04 Å². The number of benzene rings is 1. The standard InChI is InChI=1S/C25H33N3O2S/c1-2-22-20(19-10-6-7-11-23(19)31-22)15-26-12-13-28-21(16-26)25(30)27(17-24(28)29)14-18-8-4-3-5-9-18/h6-7,10-11,18,21H,2-5,8-9,12-17H2,1H3. The van der Waals surface area contributed by atoms with Crippen molar-refractivity contribution < 1.29 is 9.59 Å². The molecule has 1 aromatic carbocycles. The van der Waals surface area contributed by atoms with Gasteiger partial charge in [0, 0.05) is 42.3 Å². The maximum absolute atomic E-state index is 13.4. The van der Waals surface area contributed by atoms with Crippen LogP contribution in [0.5, 0.6) is 0 Å². The molecule has 1 aliphatic carbocycles. The Balaban J connectivity index is 1.31. The zero-order chi connectivity index (χ0) is 21.4. The van der Waals surface area contributed by atoms with E-state index in [-0.39, 0.29) is 24.4 Å². The number of aryl methyl sites for hydroxylation is 1. The molecule has 0 spiro atoms. The quantitative estimate of drug-likeness (QED) is 0.710. The number of nitrogens with zero attached hydrogens (tertiary/aromatic N) is 3. The van der Waals surface area contributed by atoms with Gasteiger partial charge in [0.2, 0.25) is 11.8 Å². The molecule has 2 amide bonds. The summed E-state index contributed by atoms with van der Waals surface area (Å²) in [6.07, 6.45) is 7.26. The zero-order valence-corrected chi connectivity index (χ0v) is 19.3. The molecule has 0 bridgehead atoms. The Bertz CT molecular complexity index is 965. The molecule has 2 aromatic rings. The van der Waals surface area contributed by atoms with Crippen molar-refractivity contribution in [2.75, 3.05) is 32.7 Å². The number of hydrogen-bond donors (Lipinski definition) is 0. The fourth-order valence-corrected chi connectivity index (χ4v) is 6.86. The highest BCUT2D eigenvalue weighted by Gasteiger charge is 2.43. The Morgan fingerprint density at radius 1 is 1.06 bits per heavy atom. The summed E-state index contributed by atoms with van der Waals surface area (Å²) in [6, 6.07) is 8.33. The van der Waals surface area contributed by atoms with Crippen molar-refractivity contribution in [3.05, 3.63) is 34.7 Å².